The Balaban J connectivity index is 2.05. The molecule has 0 radical (unpaired) electrons. The lowest BCUT2D eigenvalue weighted by Crippen LogP contribution is -2.48. The van der Waals surface area contributed by atoms with E-state index in [2.05, 4.69) is 31.1 Å². The maximum Gasteiger partial charge on any atom is 0.248 e. The van der Waals surface area contributed by atoms with Gasteiger partial charge >= 0.3 is 0 Å². The highest BCUT2D eigenvalue weighted by molar-refractivity contribution is 6.40. The Labute approximate surface area is 207 Å². The average molecular weight is 478 g/mol. The molecule has 7 nitrogen and oxygen atoms in total. The fraction of sp³-hybridized carbons (Fsp3) is 0.464. The van der Waals surface area contributed by atoms with E-state index in [9.17, 15) is 19.2 Å². The maximum absolute atomic E-state index is 13.7. The number of rotatable bonds is 8. The minimum Gasteiger partial charge on any atom is -0.351 e. The lowest BCUT2D eigenvalue weighted by molar-refractivity contribution is -0.138. The minimum atomic E-state index is -1.03. The smallest absolute Gasteiger partial charge is 0.248 e. The normalized spacial score (nSPS) is 15.2. The monoisotopic (exact) mass is 477 g/mol. The summed E-state index contributed by atoms with van der Waals surface area (Å²) in [4.78, 5) is 56.5. The Morgan fingerprint density at radius 2 is 1.69 bits per heavy atom. The molecule has 0 bridgehead atoms. The molecule has 0 aliphatic heterocycles. The first kappa shape index (κ1) is 26.3. The third kappa shape index (κ3) is 6.84. The molecule has 1 aliphatic carbocycles. The number of nitrogens with zero attached hydrogens (tertiary/aromatic N) is 2. The van der Waals surface area contributed by atoms with E-state index in [1.807, 2.05) is 12.1 Å². The quantitative estimate of drug-likeness (QED) is 0.448. The van der Waals surface area contributed by atoms with Gasteiger partial charge in [-0.25, -0.2) is 0 Å². The third-order valence-corrected chi connectivity index (χ3v) is 6.44. The van der Waals surface area contributed by atoms with Crippen LogP contribution in [-0.4, -0.2) is 34.4 Å². The molecule has 7 heteroatoms. The van der Waals surface area contributed by atoms with Gasteiger partial charge in [-0.1, -0.05) is 58.2 Å². The number of ketones is 2. The predicted molar refractivity (Wildman–Crippen MR) is 135 cm³/mol. The van der Waals surface area contributed by atoms with E-state index < -0.39 is 29.9 Å². The van der Waals surface area contributed by atoms with Crippen molar-refractivity contribution >= 4 is 29.1 Å². The van der Waals surface area contributed by atoms with Crippen LogP contribution >= 0.6 is 0 Å². The number of carbonyl (C=O) groups is 4. The van der Waals surface area contributed by atoms with Crippen LogP contribution in [0.15, 0.2) is 48.8 Å². The summed E-state index contributed by atoms with van der Waals surface area (Å²) in [6, 6.07) is 9.87. The van der Waals surface area contributed by atoms with Crippen LogP contribution in [-0.2, 0) is 24.6 Å². The van der Waals surface area contributed by atoms with Crippen LogP contribution < -0.4 is 10.2 Å². The van der Waals surface area contributed by atoms with Crippen LogP contribution in [0.5, 0.6) is 0 Å². The number of nitrogens with one attached hydrogen (secondary N) is 1. The van der Waals surface area contributed by atoms with Crippen molar-refractivity contribution in [3.05, 3.63) is 59.9 Å². The van der Waals surface area contributed by atoms with Crippen molar-refractivity contribution in [3.63, 3.8) is 0 Å². The van der Waals surface area contributed by atoms with E-state index in [1.165, 1.54) is 4.90 Å². The molecule has 35 heavy (non-hydrogen) atoms. The zero-order chi connectivity index (χ0) is 25.6. The summed E-state index contributed by atoms with van der Waals surface area (Å²) in [5, 5.41) is 3.12. The molecule has 1 aliphatic rings. The number of anilines is 1. The van der Waals surface area contributed by atoms with Gasteiger partial charge in [0.2, 0.25) is 17.6 Å². The largest absolute Gasteiger partial charge is 0.351 e. The maximum atomic E-state index is 13.7. The van der Waals surface area contributed by atoms with Gasteiger partial charge in [-0.05, 0) is 42.0 Å². The third-order valence-electron chi connectivity index (χ3n) is 6.44. The highest BCUT2D eigenvalue weighted by Crippen LogP contribution is 2.31. The zero-order valence-corrected chi connectivity index (χ0v) is 21.0. The van der Waals surface area contributed by atoms with Gasteiger partial charge in [0.1, 0.15) is 6.04 Å². The summed E-state index contributed by atoms with van der Waals surface area (Å²) >= 11 is 0. The Morgan fingerprint density at radius 1 is 1.03 bits per heavy atom. The molecule has 1 saturated carbocycles. The highest BCUT2D eigenvalue weighted by Gasteiger charge is 2.35. The molecule has 186 valence electrons. The number of pyridine rings is 1. The first-order valence-corrected chi connectivity index (χ1v) is 12.2. The molecule has 1 aromatic heterocycles. The van der Waals surface area contributed by atoms with Crippen molar-refractivity contribution < 1.29 is 19.2 Å². The second-order valence-electron chi connectivity index (χ2n) is 10.2. The zero-order valence-electron chi connectivity index (χ0n) is 21.0. The molecule has 2 amide bonds. The van der Waals surface area contributed by atoms with Gasteiger partial charge < -0.3 is 5.32 Å². The van der Waals surface area contributed by atoms with E-state index in [0.717, 1.165) is 44.6 Å². The van der Waals surface area contributed by atoms with Gasteiger partial charge in [-0.3, -0.25) is 29.1 Å². The highest BCUT2D eigenvalue weighted by atomic mass is 16.2. The van der Waals surface area contributed by atoms with E-state index in [-0.39, 0.29) is 17.4 Å². The molecule has 2 aromatic rings. The fourth-order valence-electron chi connectivity index (χ4n) is 4.39. The molecule has 1 aromatic carbocycles. The molecule has 0 saturated heterocycles. The van der Waals surface area contributed by atoms with Crippen LogP contribution in [0, 0.1) is 0 Å². The number of hydrogen-bond acceptors (Lipinski definition) is 5. The van der Waals surface area contributed by atoms with Crippen LogP contribution in [0.25, 0.3) is 0 Å². The number of benzene rings is 1. The number of carbonyl (C=O) groups excluding carboxylic acids is 4. The van der Waals surface area contributed by atoms with E-state index >= 15 is 0 Å². The summed E-state index contributed by atoms with van der Waals surface area (Å²) in [5.74, 6) is -2.41. The number of Topliss-reactive ketones (excluding diaryl/α,β-unsaturated/α-hetero) is 2. The standard InChI is InChI=1S/C28H35N3O4/c1-19(32)24(33)17-25(34)31(23-14-12-21(13-15-23)28(2,3)4)26(20-9-8-16-29-18-20)27(35)30-22-10-6-5-7-11-22/h8-9,12-16,18,22,26H,5-7,10-11,17H2,1-4H3,(H,30,35). The second kappa shape index (κ2) is 11.4. The number of amides is 2. The van der Waals surface area contributed by atoms with Crippen molar-refractivity contribution in [2.45, 2.75) is 83.7 Å². The van der Waals surface area contributed by atoms with E-state index in [0.29, 0.717) is 11.3 Å². The Hall–Kier alpha value is -3.35. The van der Waals surface area contributed by atoms with Gasteiger partial charge in [-0.15, -0.1) is 0 Å². The minimum absolute atomic E-state index is 0.0366. The van der Waals surface area contributed by atoms with Crippen molar-refractivity contribution in [3.8, 4) is 0 Å². The van der Waals surface area contributed by atoms with Crippen LogP contribution in [0.1, 0.15) is 83.4 Å². The van der Waals surface area contributed by atoms with Crippen LogP contribution in [0.3, 0.4) is 0 Å². The Bertz CT molecular complexity index is 1050. The fourth-order valence-corrected chi connectivity index (χ4v) is 4.39. The molecular weight excluding hydrogens is 442 g/mol. The first-order valence-electron chi connectivity index (χ1n) is 12.2. The SMILES string of the molecule is CC(=O)C(=O)CC(=O)N(c1ccc(C(C)(C)C)cc1)C(C(=O)NC1CCCCC1)c1cccnc1. The molecule has 1 fully saturated rings. The second-order valence-corrected chi connectivity index (χ2v) is 10.2. The topological polar surface area (TPSA) is 96.4 Å². The van der Waals surface area contributed by atoms with Crippen LogP contribution in [0.2, 0.25) is 0 Å². The van der Waals surface area contributed by atoms with Crippen LogP contribution in [0.4, 0.5) is 5.69 Å². The van der Waals surface area contributed by atoms with Gasteiger partial charge in [0, 0.05) is 36.6 Å². The summed E-state index contributed by atoms with van der Waals surface area (Å²) in [7, 11) is 0. The molecule has 1 N–H and O–H groups in total. The average Bonchev–Trinajstić information content (AvgIpc) is 2.83. The summed E-state index contributed by atoms with van der Waals surface area (Å²) in [6.07, 6.45) is 7.58. The molecule has 1 heterocycles. The van der Waals surface area contributed by atoms with Crippen molar-refractivity contribution in [2.24, 2.45) is 0 Å². The number of aromatic nitrogens is 1. The lowest BCUT2D eigenvalue weighted by Gasteiger charge is -2.33. The van der Waals surface area contributed by atoms with Gasteiger partial charge in [0.15, 0.2) is 5.78 Å². The lowest BCUT2D eigenvalue weighted by atomic mass is 9.87. The number of hydrogen-bond donors (Lipinski definition) is 1. The first-order chi connectivity index (χ1) is 16.6. The van der Waals surface area contributed by atoms with Crippen molar-refractivity contribution in [1.29, 1.82) is 0 Å². The molecular formula is C28H35N3O4. The van der Waals surface area contributed by atoms with Crippen molar-refractivity contribution in [2.75, 3.05) is 4.90 Å². The summed E-state index contributed by atoms with van der Waals surface area (Å²) < 4.78 is 0. The summed E-state index contributed by atoms with van der Waals surface area (Å²) in [5.41, 5.74) is 1.98. The molecule has 1 atom stereocenters. The summed E-state index contributed by atoms with van der Waals surface area (Å²) in [6.45, 7) is 7.41. The molecule has 1 unspecified atom stereocenters. The molecule has 3 rings (SSSR count). The molecule has 0 spiro atoms. The van der Waals surface area contributed by atoms with Gasteiger partial charge in [0.25, 0.3) is 0 Å². The van der Waals surface area contributed by atoms with E-state index in [4.69, 9.17) is 0 Å². The Kier molecular flexibility index (Phi) is 8.54. The Morgan fingerprint density at radius 3 is 2.23 bits per heavy atom. The predicted octanol–water partition coefficient (Wildman–Crippen LogP) is 4.45. The van der Waals surface area contributed by atoms with Crippen molar-refractivity contribution in [1.82, 2.24) is 10.3 Å². The van der Waals surface area contributed by atoms with E-state index in [1.54, 1.807) is 36.7 Å². The van der Waals surface area contributed by atoms with Gasteiger partial charge in [-0.2, -0.15) is 0 Å². The van der Waals surface area contributed by atoms with Gasteiger partial charge in [0.05, 0.1) is 6.42 Å².